The van der Waals surface area contributed by atoms with Crippen LogP contribution < -0.4 is 4.74 Å². The van der Waals surface area contributed by atoms with Gasteiger partial charge in [-0.05, 0) is 17.7 Å². The van der Waals surface area contributed by atoms with Crippen LogP contribution in [0.3, 0.4) is 0 Å². The molecule has 1 heterocycles. The minimum atomic E-state index is -0.430. The molecule has 1 aromatic carbocycles. The van der Waals surface area contributed by atoms with Gasteiger partial charge in [-0.2, -0.15) is 0 Å². The summed E-state index contributed by atoms with van der Waals surface area (Å²) in [5.41, 5.74) is 1.73. The number of hydrogen-bond donors (Lipinski definition) is 1. The van der Waals surface area contributed by atoms with Crippen molar-refractivity contribution in [1.82, 2.24) is 9.88 Å². The van der Waals surface area contributed by atoms with Gasteiger partial charge in [0.25, 0.3) is 5.69 Å². The third kappa shape index (κ3) is 4.73. The third-order valence-electron chi connectivity index (χ3n) is 3.41. The molecule has 1 N–H and O–H groups in total. The highest BCUT2D eigenvalue weighted by Crippen LogP contribution is 2.25. The number of rotatable bonds is 8. The number of nitro groups is 1. The molecule has 2 aromatic rings. The normalized spacial score (nSPS) is 10.7. The molecule has 122 valence electrons. The van der Waals surface area contributed by atoms with Crippen LogP contribution in [-0.4, -0.2) is 40.2 Å². The third-order valence-corrected chi connectivity index (χ3v) is 3.41. The fourth-order valence-electron chi connectivity index (χ4n) is 2.35. The second-order valence-electron chi connectivity index (χ2n) is 5.05. The van der Waals surface area contributed by atoms with E-state index in [1.54, 1.807) is 18.5 Å². The predicted molar refractivity (Wildman–Crippen MR) is 85.1 cm³/mol. The lowest BCUT2D eigenvalue weighted by Crippen LogP contribution is -2.26. The zero-order valence-electron chi connectivity index (χ0n) is 12.9. The smallest absolute Gasteiger partial charge is 0.270 e. The molecule has 7 nitrogen and oxygen atoms in total. The van der Waals surface area contributed by atoms with Crippen molar-refractivity contribution >= 4 is 5.69 Å². The van der Waals surface area contributed by atoms with Crippen LogP contribution in [0.4, 0.5) is 5.69 Å². The van der Waals surface area contributed by atoms with Crippen molar-refractivity contribution in [1.29, 1.82) is 0 Å². The van der Waals surface area contributed by atoms with Crippen molar-refractivity contribution in [2.45, 2.75) is 13.1 Å². The van der Waals surface area contributed by atoms with E-state index in [0.717, 1.165) is 5.56 Å². The molecule has 0 radical (unpaired) electrons. The molecule has 0 saturated heterocycles. The first-order valence-electron chi connectivity index (χ1n) is 7.17. The van der Waals surface area contributed by atoms with Crippen LogP contribution in [-0.2, 0) is 13.1 Å². The maximum Gasteiger partial charge on any atom is 0.270 e. The number of methoxy groups -OCH3 is 1. The van der Waals surface area contributed by atoms with E-state index in [2.05, 4.69) is 4.98 Å². The van der Waals surface area contributed by atoms with Crippen molar-refractivity contribution in [3.05, 3.63) is 64.0 Å². The van der Waals surface area contributed by atoms with E-state index in [-0.39, 0.29) is 12.3 Å². The van der Waals surface area contributed by atoms with Gasteiger partial charge < -0.3 is 9.84 Å². The largest absolute Gasteiger partial charge is 0.496 e. The van der Waals surface area contributed by atoms with E-state index in [1.165, 1.54) is 19.2 Å². The topological polar surface area (TPSA) is 88.7 Å². The van der Waals surface area contributed by atoms with Crippen LogP contribution >= 0.6 is 0 Å². The first-order valence-corrected chi connectivity index (χ1v) is 7.17. The minimum Gasteiger partial charge on any atom is -0.496 e. The van der Waals surface area contributed by atoms with Crippen LogP contribution in [0.1, 0.15) is 11.1 Å². The van der Waals surface area contributed by atoms with E-state index in [9.17, 15) is 15.2 Å². The van der Waals surface area contributed by atoms with E-state index in [4.69, 9.17) is 4.74 Å². The number of pyridine rings is 1. The lowest BCUT2D eigenvalue weighted by Gasteiger charge is -2.22. The summed E-state index contributed by atoms with van der Waals surface area (Å²) in [7, 11) is 1.53. The van der Waals surface area contributed by atoms with E-state index >= 15 is 0 Å². The second kappa shape index (κ2) is 8.21. The average Bonchev–Trinajstić information content (AvgIpc) is 2.56. The number of nitrogens with zero attached hydrogens (tertiary/aromatic N) is 3. The van der Waals surface area contributed by atoms with Gasteiger partial charge in [0.05, 0.1) is 18.6 Å². The number of ether oxygens (including phenoxy) is 1. The molecule has 0 unspecified atom stereocenters. The van der Waals surface area contributed by atoms with E-state index in [1.807, 2.05) is 17.0 Å². The maximum atomic E-state index is 11.0. The number of nitro benzene ring substituents is 1. The Balaban J connectivity index is 2.21. The summed E-state index contributed by atoms with van der Waals surface area (Å²) in [5.74, 6) is 0.588. The van der Waals surface area contributed by atoms with Crippen molar-refractivity contribution in [2.24, 2.45) is 0 Å². The van der Waals surface area contributed by atoms with Crippen molar-refractivity contribution in [2.75, 3.05) is 20.3 Å². The highest BCUT2D eigenvalue weighted by atomic mass is 16.6. The number of aromatic nitrogens is 1. The summed E-state index contributed by atoms with van der Waals surface area (Å²) < 4.78 is 5.29. The van der Waals surface area contributed by atoms with E-state index < -0.39 is 4.92 Å². The summed E-state index contributed by atoms with van der Waals surface area (Å²) in [5, 5.41) is 20.2. The Hall–Kier alpha value is -2.51. The Kier molecular flexibility index (Phi) is 6.02. The molecule has 0 bridgehead atoms. The fraction of sp³-hybridized carbons (Fsp3) is 0.312. The van der Waals surface area contributed by atoms with Gasteiger partial charge in [0.1, 0.15) is 5.75 Å². The van der Waals surface area contributed by atoms with Gasteiger partial charge in [0.15, 0.2) is 0 Å². The molecule has 0 fully saturated rings. The highest BCUT2D eigenvalue weighted by molar-refractivity contribution is 5.43. The fourth-order valence-corrected chi connectivity index (χ4v) is 2.35. The summed E-state index contributed by atoms with van der Waals surface area (Å²) >= 11 is 0. The van der Waals surface area contributed by atoms with Crippen LogP contribution in [0.25, 0.3) is 0 Å². The van der Waals surface area contributed by atoms with Crippen molar-refractivity contribution < 1.29 is 14.8 Å². The van der Waals surface area contributed by atoms with Gasteiger partial charge in [0, 0.05) is 49.7 Å². The molecule has 1 aromatic heterocycles. The summed E-state index contributed by atoms with van der Waals surface area (Å²) in [6.45, 7) is 1.46. The van der Waals surface area contributed by atoms with Gasteiger partial charge in [0.2, 0.25) is 0 Å². The molecule has 2 rings (SSSR count). The number of benzene rings is 1. The Morgan fingerprint density at radius 1 is 1.35 bits per heavy atom. The molecule has 0 atom stereocenters. The molecule has 0 aliphatic rings. The molecule has 0 saturated carbocycles. The Morgan fingerprint density at radius 2 is 2.17 bits per heavy atom. The summed E-state index contributed by atoms with van der Waals surface area (Å²) in [4.78, 5) is 16.6. The minimum absolute atomic E-state index is 0.00248. The second-order valence-corrected chi connectivity index (χ2v) is 5.05. The first kappa shape index (κ1) is 16.9. The molecular weight excluding hydrogens is 298 g/mol. The predicted octanol–water partition coefficient (Wildman–Crippen LogP) is 1.99. The maximum absolute atomic E-state index is 11.0. The zero-order chi connectivity index (χ0) is 16.7. The van der Waals surface area contributed by atoms with Gasteiger partial charge in [-0.3, -0.25) is 20.0 Å². The Morgan fingerprint density at radius 3 is 2.78 bits per heavy atom. The molecule has 0 aliphatic carbocycles. The van der Waals surface area contributed by atoms with E-state index in [0.29, 0.717) is 30.9 Å². The van der Waals surface area contributed by atoms with Crippen LogP contribution in [0.15, 0.2) is 42.7 Å². The van der Waals surface area contributed by atoms with Crippen molar-refractivity contribution in [3.8, 4) is 5.75 Å². The summed E-state index contributed by atoms with van der Waals surface area (Å²) in [6.07, 6.45) is 3.46. The molecule has 0 spiro atoms. The number of non-ortho nitro benzene ring substituents is 1. The van der Waals surface area contributed by atoms with Gasteiger partial charge in [-0.15, -0.1) is 0 Å². The number of aliphatic hydroxyl groups is 1. The van der Waals surface area contributed by atoms with Gasteiger partial charge in [-0.1, -0.05) is 6.07 Å². The zero-order valence-corrected chi connectivity index (χ0v) is 12.9. The molecular formula is C16H19N3O4. The lowest BCUT2D eigenvalue weighted by atomic mass is 10.1. The van der Waals surface area contributed by atoms with Gasteiger partial charge in [-0.25, -0.2) is 0 Å². The van der Waals surface area contributed by atoms with Crippen LogP contribution in [0.2, 0.25) is 0 Å². The monoisotopic (exact) mass is 317 g/mol. The molecule has 23 heavy (non-hydrogen) atoms. The standard InChI is InChI=1S/C16H19N3O4/c1-23-16-5-4-15(19(21)22)9-14(16)12-18(7-8-20)11-13-3-2-6-17-10-13/h2-6,9-10,20H,7-8,11-12H2,1H3. The average molecular weight is 317 g/mol. The van der Waals surface area contributed by atoms with Crippen LogP contribution in [0, 0.1) is 10.1 Å². The number of hydrogen-bond acceptors (Lipinski definition) is 6. The molecule has 0 aliphatic heterocycles. The van der Waals surface area contributed by atoms with Gasteiger partial charge >= 0.3 is 0 Å². The summed E-state index contributed by atoms with van der Waals surface area (Å²) in [6, 6.07) is 8.31. The first-order chi connectivity index (χ1) is 11.1. The Labute approximate surface area is 134 Å². The van der Waals surface area contributed by atoms with Crippen molar-refractivity contribution in [3.63, 3.8) is 0 Å². The number of aliphatic hydroxyl groups excluding tert-OH is 1. The quantitative estimate of drug-likeness (QED) is 0.591. The van der Waals surface area contributed by atoms with Crippen LogP contribution in [0.5, 0.6) is 5.75 Å². The Bertz CT molecular complexity index is 649. The molecule has 7 heteroatoms. The molecule has 0 amide bonds. The SMILES string of the molecule is COc1ccc([N+](=O)[O-])cc1CN(CCO)Cc1cccnc1. The lowest BCUT2D eigenvalue weighted by molar-refractivity contribution is -0.385. The highest BCUT2D eigenvalue weighted by Gasteiger charge is 2.15.